The van der Waals surface area contributed by atoms with Crippen molar-refractivity contribution in [2.45, 2.75) is 66.7 Å². The van der Waals surface area contributed by atoms with Gasteiger partial charge in [0.15, 0.2) is 11.5 Å². The summed E-state index contributed by atoms with van der Waals surface area (Å²) in [7, 11) is 0. The molecule has 0 spiro atoms. The number of benzene rings is 1. The second-order valence-corrected chi connectivity index (χ2v) is 10.8. The maximum Gasteiger partial charge on any atom is 0.260 e. The molecule has 0 amide bonds. The van der Waals surface area contributed by atoms with Gasteiger partial charge in [0, 0.05) is 10.4 Å². The number of aryl methyl sites for hydroxylation is 1. The summed E-state index contributed by atoms with van der Waals surface area (Å²) in [5, 5.41) is 0.783. The van der Waals surface area contributed by atoms with Crippen LogP contribution in [0.15, 0.2) is 23.0 Å². The lowest BCUT2D eigenvalue weighted by molar-refractivity contribution is 0.218. The van der Waals surface area contributed by atoms with Crippen molar-refractivity contribution in [3.8, 4) is 22.9 Å². The lowest BCUT2D eigenvalue weighted by atomic mass is 9.72. The summed E-state index contributed by atoms with van der Waals surface area (Å²) >= 11 is 1.69. The first kappa shape index (κ1) is 22.8. The molecule has 1 atom stereocenters. The minimum atomic E-state index is -0.0436. The maximum atomic E-state index is 13.1. The van der Waals surface area contributed by atoms with E-state index in [2.05, 4.69) is 32.7 Å². The molecule has 0 aliphatic heterocycles. The molecule has 1 unspecified atom stereocenters. The number of unbranched alkanes of at least 4 members (excludes halogenated alkanes) is 1. The smallest absolute Gasteiger partial charge is 0.260 e. The van der Waals surface area contributed by atoms with Crippen molar-refractivity contribution < 1.29 is 9.47 Å². The molecule has 2 heterocycles. The molecule has 0 radical (unpaired) electrons. The molecule has 6 heteroatoms. The van der Waals surface area contributed by atoms with Gasteiger partial charge in [0.2, 0.25) is 0 Å². The van der Waals surface area contributed by atoms with Gasteiger partial charge in [0.05, 0.1) is 18.6 Å². The SMILES string of the molecule is CCCCOc1ccc(-c2nc3sc4c(c3c(=O)[nH]2)CCC(C(C)(C)C)C4)cc1OCC. The number of ether oxygens (including phenoxy) is 2. The molecule has 32 heavy (non-hydrogen) atoms. The second-order valence-electron chi connectivity index (χ2n) is 9.70. The first-order chi connectivity index (χ1) is 15.3. The van der Waals surface area contributed by atoms with Gasteiger partial charge in [-0.25, -0.2) is 4.98 Å². The van der Waals surface area contributed by atoms with E-state index in [1.807, 2.05) is 25.1 Å². The minimum absolute atomic E-state index is 0.0436. The second kappa shape index (κ2) is 9.26. The fourth-order valence-electron chi connectivity index (χ4n) is 4.43. The third kappa shape index (κ3) is 4.56. The number of hydrogen-bond acceptors (Lipinski definition) is 5. The number of hydrogen-bond donors (Lipinski definition) is 1. The number of nitrogens with one attached hydrogen (secondary N) is 1. The van der Waals surface area contributed by atoms with E-state index < -0.39 is 0 Å². The highest BCUT2D eigenvalue weighted by atomic mass is 32.1. The summed E-state index contributed by atoms with van der Waals surface area (Å²) in [4.78, 5) is 23.2. The normalized spacial score (nSPS) is 16.2. The molecule has 0 saturated heterocycles. The van der Waals surface area contributed by atoms with Crippen molar-refractivity contribution in [1.82, 2.24) is 9.97 Å². The van der Waals surface area contributed by atoms with Gasteiger partial charge in [-0.2, -0.15) is 0 Å². The van der Waals surface area contributed by atoms with E-state index in [9.17, 15) is 4.79 Å². The summed E-state index contributed by atoms with van der Waals surface area (Å²) in [6.45, 7) is 12.2. The van der Waals surface area contributed by atoms with Crippen LogP contribution in [0, 0.1) is 11.3 Å². The van der Waals surface area contributed by atoms with E-state index in [0.717, 1.165) is 53.6 Å². The van der Waals surface area contributed by atoms with Crippen LogP contribution in [0.2, 0.25) is 0 Å². The third-order valence-corrected chi connectivity index (χ3v) is 7.56. The predicted octanol–water partition coefficient (Wildman–Crippen LogP) is 6.38. The van der Waals surface area contributed by atoms with Crippen LogP contribution in [0.1, 0.15) is 64.3 Å². The quantitative estimate of drug-likeness (QED) is 0.421. The number of fused-ring (bicyclic) bond motifs is 3. The average Bonchev–Trinajstić information content (AvgIpc) is 3.12. The van der Waals surface area contributed by atoms with Crippen LogP contribution in [-0.4, -0.2) is 23.2 Å². The molecular weight excluding hydrogens is 420 g/mol. The van der Waals surface area contributed by atoms with Crippen LogP contribution < -0.4 is 15.0 Å². The number of rotatable bonds is 7. The average molecular weight is 455 g/mol. The van der Waals surface area contributed by atoms with E-state index in [1.54, 1.807) is 11.3 Å². The van der Waals surface area contributed by atoms with Gasteiger partial charge in [-0.3, -0.25) is 4.79 Å². The Morgan fingerprint density at radius 2 is 2.00 bits per heavy atom. The van der Waals surface area contributed by atoms with Crippen LogP contribution >= 0.6 is 11.3 Å². The zero-order chi connectivity index (χ0) is 22.9. The van der Waals surface area contributed by atoms with Crippen LogP contribution in [0.4, 0.5) is 0 Å². The zero-order valence-electron chi connectivity index (χ0n) is 19.8. The van der Waals surface area contributed by atoms with Crippen molar-refractivity contribution >= 4 is 21.6 Å². The van der Waals surface area contributed by atoms with Crippen LogP contribution in [0.3, 0.4) is 0 Å². The fraction of sp³-hybridized carbons (Fsp3) is 0.538. The molecular formula is C26H34N2O3S. The van der Waals surface area contributed by atoms with E-state index >= 15 is 0 Å². The van der Waals surface area contributed by atoms with Gasteiger partial charge in [0.25, 0.3) is 5.56 Å². The molecule has 0 saturated carbocycles. The molecule has 0 bridgehead atoms. The van der Waals surface area contributed by atoms with Gasteiger partial charge in [0.1, 0.15) is 10.7 Å². The summed E-state index contributed by atoms with van der Waals surface area (Å²) in [6.07, 6.45) is 5.19. The van der Waals surface area contributed by atoms with Crippen molar-refractivity contribution in [3.05, 3.63) is 39.0 Å². The maximum absolute atomic E-state index is 13.1. The van der Waals surface area contributed by atoms with Crippen molar-refractivity contribution in [2.75, 3.05) is 13.2 Å². The van der Waals surface area contributed by atoms with Crippen LogP contribution in [0.25, 0.3) is 21.6 Å². The van der Waals surface area contributed by atoms with Gasteiger partial charge < -0.3 is 14.5 Å². The summed E-state index contributed by atoms with van der Waals surface area (Å²) in [6, 6.07) is 5.77. The molecule has 5 nitrogen and oxygen atoms in total. The lowest BCUT2D eigenvalue weighted by Crippen LogP contribution is -2.26. The molecule has 1 aromatic carbocycles. The van der Waals surface area contributed by atoms with E-state index in [4.69, 9.17) is 14.5 Å². The van der Waals surface area contributed by atoms with Crippen LogP contribution in [-0.2, 0) is 12.8 Å². The molecule has 1 aliphatic carbocycles. The van der Waals surface area contributed by atoms with Crippen molar-refractivity contribution in [1.29, 1.82) is 0 Å². The van der Waals surface area contributed by atoms with E-state index in [1.165, 1.54) is 10.4 Å². The summed E-state index contributed by atoms with van der Waals surface area (Å²) < 4.78 is 11.7. The molecule has 172 valence electrons. The fourth-order valence-corrected chi connectivity index (χ4v) is 5.73. The van der Waals surface area contributed by atoms with Gasteiger partial charge in [-0.05, 0) is 67.7 Å². The van der Waals surface area contributed by atoms with E-state index in [-0.39, 0.29) is 11.0 Å². The highest BCUT2D eigenvalue weighted by molar-refractivity contribution is 7.18. The van der Waals surface area contributed by atoms with Crippen LogP contribution in [0.5, 0.6) is 11.5 Å². The Balaban J connectivity index is 1.70. The number of aromatic amines is 1. The third-order valence-electron chi connectivity index (χ3n) is 6.42. The van der Waals surface area contributed by atoms with Crippen molar-refractivity contribution in [3.63, 3.8) is 0 Å². The first-order valence-corrected chi connectivity index (χ1v) is 12.6. The molecule has 3 aromatic rings. The van der Waals surface area contributed by atoms with Gasteiger partial charge >= 0.3 is 0 Å². The molecule has 1 aliphatic rings. The summed E-state index contributed by atoms with van der Waals surface area (Å²) in [5.74, 6) is 2.62. The number of nitrogens with zero attached hydrogens (tertiary/aromatic N) is 1. The Bertz CT molecular complexity index is 1160. The minimum Gasteiger partial charge on any atom is -0.490 e. The Morgan fingerprint density at radius 3 is 2.72 bits per heavy atom. The first-order valence-electron chi connectivity index (χ1n) is 11.8. The monoisotopic (exact) mass is 454 g/mol. The lowest BCUT2D eigenvalue weighted by Gasteiger charge is -2.33. The molecule has 4 rings (SSSR count). The van der Waals surface area contributed by atoms with Crippen molar-refractivity contribution in [2.24, 2.45) is 11.3 Å². The Hall–Kier alpha value is -2.34. The Labute approximate surface area is 194 Å². The molecule has 0 fully saturated rings. The number of H-pyrrole nitrogens is 1. The standard InChI is InChI=1S/C26H34N2O3S/c1-6-8-13-31-19-12-9-16(14-20(19)30-7-2)23-27-24(29)22-18-11-10-17(26(3,4)5)15-21(18)32-25(22)28-23/h9,12,14,17H,6-8,10-11,13,15H2,1-5H3,(H,27,28,29). The topological polar surface area (TPSA) is 64.2 Å². The number of thiophene rings is 1. The zero-order valence-corrected chi connectivity index (χ0v) is 20.7. The largest absolute Gasteiger partial charge is 0.490 e. The summed E-state index contributed by atoms with van der Waals surface area (Å²) in [5.41, 5.74) is 2.27. The van der Waals surface area contributed by atoms with Gasteiger partial charge in [-0.15, -0.1) is 11.3 Å². The Kier molecular flexibility index (Phi) is 6.61. The highest BCUT2D eigenvalue weighted by Gasteiger charge is 2.31. The molecule has 1 N–H and O–H groups in total. The molecule has 2 aromatic heterocycles. The Morgan fingerprint density at radius 1 is 1.19 bits per heavy atom. The highest BCUT2D eigenvalue weighted by Crippen LogP contribution is 2.42. The predicted molar refractivity (Wildman–Crippen MR) is 132 cm³/mol. The number of aromatic nitrogens is 2. The van der Waals surface area contributed by atoms with Gasteiger partial charge in [-0.1, -0.05) is 34.1 Å². The van der Waals surface area contributed by atoms with E-state index in [0.29, 0.717) is 30.7 Å².